The van der Waals surface area contributed by atoms with Crippen LogP contribution in [-0.4, -0.2) is 37.7 Å². The van der Waals surface area contributed by atoms with Gasteiger partial charge in [-0.05, 0) is 61.1 Å². The number of methoxy groups -OCH3 is 2. The first-order valence-corrected chi connectivity index (χ1v) is 11.8. The molecule has 35 heavy (non-hydrogen) atoms. The third-order valence-electron chi connectivity index (χ3n) is 6.59. The van der Waals surface area contributed by atoms with Gasteiger partial charge in [-0.15, -0.1) is 0 Å². The van der Waals surface area contributed by atoms with Gasteiger partial charge in [-0.2, -0.15) is 0 Å². The zero-order valence-electron chi connectivity index (χ0n) is 20.5. The fraction of sp³-hybridized carbons (Fsp3) is 0.357. The van der Waals surface area contributed by atoms with Crippen molar-refractivity contribution >= 4 is 11.8 Å². The highest BCUT2D eigenvalue weighted by molar-refractivity contribution is 6.04. The molecule has 0 aromatic heterocycles. The van der Waals surface area contributed by atoms with Crippen molar-refractivity contribution in [1.82, 2.24) is 5.32 Å². The van der Waals surface area contributed by atoms with Crippen molar-refractivity contribution in [1.29, 1.82) is 0 Å². The first kappa shape index (κ1) is 24.4. The quantitative estimate of drug-likeness (QED) is 0.557. The van der Waals surface area contributed by atoms with Crippen LogP contribution in [0.25, 0.3) is 0 Å². The lowest BCUT2D eigenvalue weighted by Crippen LogP contribution is -2.36. The molecule has 2 N–H and O–H groups in total. The minimum absolute atomic E-state index is 0.0232. The maximum atomic E-state index is 13.7. The zero-order chi connectivity index (χ0) is 25.1. The lowest BCUT2D eigenvalue weighted by molar-refractivity contribution is -0.139. The molecule has 4 rings (SSSR count). The molecule has 2 atom stereocenters. The average Bonchev–Trinajstić information content (AvgIpc) is 2.86. The third-order valence-corrected chi connectivity index (χ3v) is 6.59. The van der Waals surface area contributed by atoms with Crippen molar-refractivity contribution in [2.45, 2.75) is 44.9 Å². The summed E-state index contributed by atoms with van der Waals surface area (Å²) in [5.74, 6) is 0.311. The molecule has 1 aliphatic carbocycles. The van der Waals surface area contributed by atoms with Gasteiger partial charge < -0.3 is 24.6 Å². The van der Waals surface area contributed by atoms with Crippen molar-refractivity contribution in [3.8, 4) is 17.2 Å². The largest absolute Gasteiger partial charge is 0.508 e. The first-order valence-electron chi connectivity index (χ1n) is 11.8. The Balaban J connectivity index is 1.75. The van der Waals surface area contributed by atoms with Gasteiger partial charge in [-0.25, -0.2) is 4.79 Å². The number of esters is 1. The van der Waals surface area contributed by atoms with Crippen LogP contribution in [0.1, 0.15) is 56.1 Å². The molecule has 0 spiro atoms. The minimum atomic E-state index is -0.560. The molecular formula is C28H31NO6. The second kappa shape index (κ2) is 10.3. The summed E-state index contributed by atoms with van der Waals surface area (Å²) in [5.41, 5.74) is 4.24. The van der Waals surface area contributed by atoms with Crippen LogP contribution in [0.15, 0.2) is 65.0 Å². The number of dihydropyridines is 1. The number of rotatable bonds is 7. The van der Waals surface area contributed by atoms with Gasteiger partial charge in [0.25, 0.3) is 0 Å². The number of ether oxygens (including phenoxy) is 3. The van der Waals surface area contributed by atoms with Crippen LogP contribution < -0.4 is 14.8 Å². The fourth-order valence-corrected chi connectivity index (χ4v) is 4.92. The van der Waals surface area contributed by atoms with Crippen LogP contribution in [0.2, 0.25) is 0 Å². The molecule has 0 unspecified atom stereocenters. The number of phenolic OH excluding ortho intramolecular Hbond substituents is 1. The Morgan fingerprint density at radius 2 is 1.71 bits per heavy atom. The molecule has 1 heterocycles. The van der Waals surface area contributed by atoms with Crippen LogP contribution in [0, 0.1) is 0 Å². The zero-order valence-corrected chi connectivity index (χ0v) is 20.5. The molecule has 7 heteroatoms. The Kier molecular flexibility index (Phi) is 7.15. The van der Waals surface area contributed by atoms with Gasteiger partial charge in [0, 0.05) is 29.3 Å². The molecule has 1 aliphatic heterocycles. The normalized spacial score (nSPS) is 19.7. The topological polar surface area (TPSA) is 94.1 Å². The summed E-state index contributed by atoms with van der Waals surface area (Å²) < 4.78 is 16.3. The number of ketones is 1. The summed E-state index contributed by atoms with van der Waals surface area (Å²) in [7, 11) is 3.18. The van der Waals surface area contributed by atoms with Gasteiger partial charge >= 0.3 is 5.97 Å². The van der Waals surface area contributed by atoms with Gasteiger partial charge in [-0.1, -0.05) is 25.1 Å². The molecule has 0 radical (unpaired) electrons. The van der Waals surface area contributed by atoms with E-state index in [2.05, 4.69) is 5.32 Å². The van der Waals surface area contributed by atoms with Crippen LogP contribution in [0.5, 0.6) is 17.2 Å². The number of hydrogen-bond donors (Lipinski definition) is 2. The highest BCUT2D eigenvalue weighted by Gasteiger charge is 2.41. The number of nitrogens with one attached hydrogen (secondary N) is 1. The Labute approximate surface area is 205 Å². The molecule has 2 aromatic rings. The van der Waals surface area contributed by atoms with Gasteiger partial charge in [0.2, 0.25) is 0 Å². The van der Waals surface area contributed by atoms with Crippen LogP contribution in [0.4, 0.5) is 0 Å². The highest BCUT2D eigenvalue weighted by atomic mass is 16.5. The van der Waals surface area contributed by atoms with Crippen molar-refractivity contribution in [2.75, 3.05) is 20.8 Å². The fourth-order valence-electron chi connectivity index (χ4n) is 4.92. The van der Waals surface area contributed by atoms with E-state index >= 15 is 0 Å². The summed E-state index contributed by atoms with van der Waals surface area (Å²) >= 11 is 0. The number of Topliss-reactive ketones (excluding diaryl/α,β-unsaturated/α-hetero) is 1. The highest BCUT2D eigenvalue weighted by Crippen LogP contribution is 2.46. The molecule has 0 amide bonds. The monoisotopic (exact) mass is 477 g/mol. The Morgan fingerprint density at radius 1 is 1.03 bits per heavy atom. The summed E-state index contributed by atoms with van der Waals surface area (Å²) in [4.78, 5) is 26.7. The standard InChI is InChI=1S/C28H31NO6/c1-5-12-35-28(32)25-16(2)29-21-13-19(18-8-11-23(33-3)24(15-18)34-4)14-22(31)27(21)26(25)17-6-9-20(30)10-7-17/h6-11,15,19,26,29-30H,5,12-14H2,1-4H3/t19-,26+/m1/s1. The maximum Gasteiger partial charge on any atom is 0.336 e. The smallest absolute Gasteiger partial charge is 0.336 e. The van der Waals surface area contributed by atoms with Crippen molar-refractivity contribution < 1.29 is 28.9 Å². The molecule has 2 aromatic carbocycles. The van der Waals surface area contributed by atoms with Crippen LogP contribution >= 0.6 is 0 Å². The molecule has 7 nitrogen and oxygen atoms in total. The Morgan fingerprint density at radius 3 is 2.37 bits per heavy atom. The summed E-state index contributed by atoms with van der Waals surface area (Å²) in [6, 6.07) is 12.4. The summed E-state index contributed by atoms with van der Waals surface area (Å²) in [6.45, 7) is 4.08. The van der Waals surface area contributed by atoms with E-state index in [0.29, 0.717) is 54.2 Å². The SMILES string of the molecule is CCCOC(=O)C1=C(C)NC2=C(C(=O)C[C@H](c3ccc(OC)c(OC)c3)C2)[C@H]1c1ccc(O)cc1. The van der Waals surface area contributed by atoms with E-state index in [1.54, 1.807) is 38.5 Å². The Hall–Kier alpha value is -3.74. The number of hydrogen-bond acceptors (Lipinski definition) is 7. The van der Waals surface area contributed by atoms with E-state index in [1.807, 2.05) is 32.0 Å². The summed E-state index contributed by atoms with van der Waals surface area (Å²) in [5, 5.41) is 13.2. The van der Waals surface area contributed by atoms with Gasteiger partial charge in [-0.3, -0.25) is 4.79 Å². The first-order chi connectivity index (χ1) is 16.9. The van der Waals surface area contributed by atoms with E-state index in [1.165, 1.54) is 0 Å². The average molecular weight is 478 g/mol. The number of allylic oxidation sites excluding steroid dienone is 3. The van der Waals surface area contributed by atoms with Crippen molar-refractivity contribution in [2.24, 2.45) is 0 Å². The molecule has 0 saturated heterocycles. The lowest BCUT2D eigenvalue weighted by atomic mass is 9.71. The van der Waals surface area contributed by atoms with E-state index in [0.717, 1.165) is 16.8 Å². The van der Waals surface area contributed by atoms with Crippen molar-refractivity contribution in [3.05, 3.63) is 76.1 Å². The molecule has 0 bridgehead atoms. The van der Waals surface area contributed by atoms with E-state index in [9.17, 15) is 14.7 Å². The summed E-state index contributed by atoms with van der Waals surface area (Å²) in [6.07, 6.45) is 1.62. The van der Waals surface area contributed by atoms with E-state index in [-0.39, 0.29) is 17.5 Å². The second-order valence-corrected chi connectivity index (χ2v) is 8.86. The van der Waals surface area contributed by atoms with Gasteiger partial charge in [0.1, 0.15) is 5.75 Å². The third kappa shape index (κ3) is 4.76. The van der Waals surface area contributed by atoms with Crippen LogP contribution in [-0.2, 0) is 14.3 Å². The molecular weight excluding hydrogens is 446 g/mol. The number of carbonyl (C=O) groups is 2. The molecule has 0 fully saturated rings. The molecule has 0 saturated carbocycles. The molecule has 2 aliphatic rings. The number of benzene rings is 2. The van der Waals surface area contributed by atoms with E-state index in [4.69, 9.17) is 14.2 Å². The minimum Gasteiger partial charge on any atom is -0.508 e. The van der Waals surface area contributed by atoms with E-state index < -0.39 is 11.9 Å². The second-order valence-electron chi connectivity index (χ2n) is 8.86. The number of aromatic hydroxyl groups is 1. The predicted molar refractivity (Wildman–Crippen MR) is 131 cm³/mol. The predicted octanol–water partition coefficient (Wildman–Crippen LogP) is 4.72. The lowest BCUT2D eigenvalue weighted by Gasteiger charge is -2.36. The van der Waals surface area contributed by atoms with Gasteiger partial charge in [0.15, 0.2) is 17.3 Å². The maximum absolute atomic E-state index is 13.7. The van der Waals surface area contributed by atoms with Crippen LogP contribution in [0.3, 0.4) is 0 Å². The number of carbonyl (C=O) groups excluding carboxylic acids is 2. The molecule has 184 valence electrons. The van der Waals surface area contributed by atoms with Crippen molar-refractivity contribution in [3.63, 3.8) is 0 Å². The number of phenols is 1. The Bertz CT molecular complexity index is 1190. The van der Waals surface area contributed by atoms with Gasteiger partial charge in [0.05, 0.1) is 26.4 Å².